The van der Waals surface area contributed by atoms with Crippen LogP contribution < -0.4 is 5.32 Å². The first kappa shape index (κ1) is 12.0. The smallest absolute Gasteiger partial charge is 0.0297 e. The van der Waals surface area contributed by atoms with Crippen molar-refractivity contribution in [2.45, 2.75) is 27.7 Å². The fraction of sp³-hybridized carbons (Fsp3) is 0.500. The molecule has 13 heavy (non-hydrogen) atoms. The number of rotatable bonds is 4. The molecule has 0 spiro atoms. The standard InChI is InChI=1S/C12H21N/c1-6-8-11(10(3)4)9-12(7-2)13-5/h6-10,13H,1-5H3/b8-6-,11-9+,12-7+. The van der Waals surface area contributed by atoms with Gasteiger partial charge in [0.05, 0.1) is 0 Å². The zero-order chi connectivity index (χ0) is 10.3. The van der Waals surface area contributed by atoms with Gasteiger partial charge in [-0.15, -0.1) is 0 Å². The summed E-state index contributed by atoms with van der Waals surface area (Å²) in [5, 5.41) is 3.15. The summed E-state index contributed by atoms with van der Waals surface area (Å²) >= 11 is 0. The molecule has 0 atom stereocenters. The van der Waals surface area contributed by atoms with Crippen LogP contribution in [0.25, 0.3) is 0 Å². The van der Waals surface area contributed by atoms with Crippen LogP contribution in [0.5, 0.6) is 0 Å². The van der Waals surface area contributed by atoms with Gasteiger partial charge in [0.25, 0.3) is 0 Å². The summed E-state index contributed by atoms with van der Waals surface area (Å²) in [5.41, 5.74) is 2.52. The van der Waals surface area contributed by atoms with Crippen LogP contribution in [0.3, 0.4) is 0 Å². The van der Waals surface area contributed by atoms with Gasteiger partial charge in [0, 0.05) is 12.7 Å². The van der Waals surface area contributed by atoms with Crippen molar-refractivity contribution in [3.8, 4) is 0 Å². The molecule has 0 saturated heterocycles. The molecule has 1 nitrogen and oxygen atoms in total. The zero-order valence-electron chi connectivity index (χ0n) is 9.39. The molecule has 74 valence electrons. The molecule has 0 aliphatic heterocycles. The Morgan fingerprint density at radius 3 is 2.15 bits per heavy atom. The van der Waals surface area contributed by atoms with Gasteiger partial charge in [0.1, 0.15) is 0 Å². The van der Waals surface area contributed by atoms with Gasteiger partial charge in [0.15, 0.2) is 0 Å². The lowest BCUT2D eigenvalue weighted by Crippen LogP contribution is -2.04. The summed E-state index contributed by atoms with van der Waals surface area (Å²) in [5.74, 6) is 0.569. The van der Waals surface area contributed by atoms with Crippen LogP contribution in [0.15, 0.2) is 35.6 Å². The van der Waals surface area contributed by atoms with E-state index in [0.717, 1.165) is 0 Å². The molecule has 0 aliphatic rings. The van der Waals surface area contributed by atoms with Crippen molar-refractivity contribution in [2.75, 3.05) is 7.05 Å². The van der Waals surface area contributed by atoms with Gasteiger partial charge in [-0.2, -0.15) is 0 Å². The van der Waals surface area contributed by atoms with E-state index in [4.69, 9.17) is 0 Å². The van der Waals surface area contributed by atoms with Crippen molar-refractivity contribution >= 4 is 0 Å². The van der Waals surface area contributed by atoms with Crippen molar-refractivity contribution < 1.29 is 0 Å². The highest BCUT2D eigenvalue weighted by Crippen LogP contribution is 2.12. The van der Waals surface area contributed by atoms with E-state index in [0.29, 0.717) is 5.92 Å². The largest absolute Gasteiger partial charge is 0.388 e. The lowest BCUT2D eigenvalue weighted by molar-refractivity contribution is 0.787. The van der Waals surface area contributed by atoms with Gasteiger partial charge < -0.3 is 5.32 Å². The highest BCUT2D eigenvalue weighted by atomic mass is 14.8. The lowest BCUT2D eigenvalue weighted by atomic mass is 10.0. The van der Waals surface area contributed by atoms with E-state index in [2.05, 4.69) is 43.5 Å². The van der Waals surface area contributed by atoms with E-state index < -0.39 is 0 Å². The van der Waals surface area contributed by atoms with E-state index in [9.17, 15) is 0 Å². The van der Waals surface area contributed by atoms with Gasteiger partial charge in [-0.3, -0.25) is 0 Å². The predicted octanol–water partition coefficient (Wildman–Crippen LogP) is 3.27. The molecule has 0 amide bonds. The quantitative estimate of drug-likeness (QED) is 0.653. The van der Waals surface area contributed by atoms with Crippen molar-refractivity contribution in [2.24, 2.45) is 5.92 Å². The second kappa shape index (κ2) is 6.53. The summed E-state index contributed by atoms with van der Waals surface area (Å²) in [6.45, 7) is 8.49. The van der Waals surface area contributed by atoms with Crippen LogP contribution in [-0.4, -0.2) is 7.05 Å². The Labute approximate surface area is 82.2 Å². The number of likely N-dealkylation sites (N-methyl/N-ethyl adjacent to an activating group) is 1. The number of allylic oxidation sites excluding steroid dienone is 5. The average molecular weight is 179 g/mol. The molecular weight excluding hydrogens is 158 g/mol. The molecule has 0 fully saturated rings. The first-order valence-electron chi connectivity index (χ1n) is 4.84. The molecule has 0 unspecified atom stereocenters. The van der Waals surface area contributed by atoms with Crippen LogP contribution in [0.1, 0.15) is 27.7 Å². The maximum atomic E-state index is 3.15. The van der Waals surface area contributed by atoms with E-state index in [-0.39, 0.29) is 0 Å². The molecular formula is C12H21N. The second-order valence-electron chi connectivity index (χ2n) is 3.29. The second-order valence-corrected chi connectivity index (χ2v) is 3.29. The van der Waals surface area contributed by atoms with E-state index in [1.54, 1.807) is 0 Å². The van der Waals surface area contributed by atoms with Crippen LogP contribution in [0.2, 0.25) is 0 Å². The Bertz CT molecular complexity index is 219. The summed E-state index contributed by atoms with van der Waals surface area (Å²) in [6, 6.07) is 0. The van der Waals surface area contributed by atoms with E-state index >= 15 is 0 Å². The van der Waals surface area contributed by atoms with Crippen molar-refractivity contribution in [1.82, 2.24) is 5.32 Å². The molecule has 0 aromatic carbocycles. The van der Waals surface area contributed by atoms with Crippen molar-refractivity contribution in [3.05, 3.63) is 35.6 Å². The van der Waals surface area contributed by atoms with E-state index in [1.165, 1.54) is 11.3 Å². The monoisotopic (exact) mass is 179 g/mol. The molecule has 0 bridgehead atoms. The minimum Gasteiger partial charge on any atom is -0.388 e. The van der Waals surface area contributed by atoms with Gasteiger partial charge in [0.2, 0.25) is 0 Å². The molecule has 0 aromatic heterocycles. The van der Waals surface area contributed by atoms with Gasteiger partial charge in [-0.05, 0) is 31.4 Å². The lowest BCUT2D eigenvalue weighted by Gasteiger charge is -2.08. The van der Waals surface area contributed by atoms with Crippen LogP contribution >= 0.6 is 0 Å². The summed E-state index contributed by atoms with van der Waals surface area (Å²) in [7, 11) is 1.94. The SMILES string of the molecule is C\C=C/C(=C\C(=C/C)NC)C(C)C. The maximum Gasteiger partial charge on any atom is 0.0297 e. The molecule has 0 radical (unpaired) electrons. The Morgan fingerprint density at radius 2 is 1.85 bits per heavy atom. The van der Waals surface area contributed by atoms with Gasteiger partial charge in [-0.1, -0.05) is 32.1 Å². The van der Waals surface area contributed by atoms with Gasteiger partial charge in [-0.25, -0.2) is 0 Å². The predicted molar refractivity (Wildman–Crippen MR) is 60.6 cm³/mol. The molecule has 0 heterocycles. The Balaban J connectivity index is 4.71. The van der Waals surface area contributed by atoms with Crippen molar-refractivity contribution in [1.29, 1.82) is 0 Å². The molecule has 0 aromatic rings. The van der Waals surface area contributed by atoms with Crippen LogP contribution in [0, 0.1) is 5.92 Å². The fourth-order valence-corrected chi connectivity index (χ4v) is 1.08. The Morgan fingerprint density at radius 1 is 1.23 bits per heavy atom. The fourth-order valence-electron chi connectivity index (χ4n) is 1.08. The third kappa shape index (κ3) is 4.56. The highest BCUT2D eigenvalue weighted by molar-refractivity contribution is 5.29. The number of hydrogen-bond acceptors (Lipinski definition) is 1. The molecule has 0 saturated carbocycles. The van der Waals surface area contributed by atoms with Crippen LogP contribution in [-0.2, 0) is 0 Å². The number of hydrogen-bond donors (Lipinski definition) is 1. The maximum absolute atomic E-state index is 3.15. The zero-order valence-corrected chi connectivity index (χ0v) is 9.39. The minimum atomic E-state index is 0.569. The third-order valence-corrected chi connectivity index (χ3v) is 1.95. The third-order valence-electron chi connectivity index (χ3n) is 1.95. The highest BCUT2D eigenvalue weighted by Gasteiger charge is 1.98. The van der Waals surface area contributed by atoms with Crippen LogP contribution in [0.4, 0.5) is 0 Å². The van der Waals surface area contributed by atoms with E-state index in [1.807, 2.05) is 20.9 Å². The molecule has 1 N–H and O–H groups in total. The summed E-state index contributed by atoms with van der Waals surface area (Å²) in [6.07, 6.45) is 8.50. The van der Waals surface area contributed by atoms with Crippen molar-refractivity contribution in [3.63, 3.8) is 0 Å². The Kier molecular flexibility index (Phi) is 6.03. The summed E-state index contributed by atoms with van der Waals surface area (Å²) < 4.78 is 0. The summed E-state index contributed by atoms with van der Waals surface area (Å²) in [4.78, 5) is 0. The molecule has 0 rings (SSSR count). The minimum absolute atomic E-state index is 0.569. The normalized spacial score (nSPS) is 14.3. The van der Waals surface area contributed by atoms with Gasteiger partial charge >= 0.3 is 0 Å². The average Bonchev–Trinajstić information content (AvgIpc) is 2.11. The molecule has 1 heteroatoms. The number of nitrogens with one attached hydrogen (secondary N) is 1. The molecule has 0 aliphatic carbocycles. The first-order chi connectivity index (χ1) is 6.15. The Hall–Kier alpha value is -0.980. The topological polar surface area (TPSA) is 12.0 Å². The first-order valence-corrected chi connectivity index (χ1v) is 4.84.